The van der Waals surface area contributed by atoms with Crippen molar-refractivity contribution in [2.24, 2.45) is 0 Å². The molecule has 2 aromatic carbocycles. The number of hydrogen-bond donors (Lipinski definition) is 1. The average Bonchev–Trinajstić information content (AvgIpc) is 2.34. The van der Waals surface area contributed by atoms with Gasteiger partial charge in [-0.05, 0) is 30.3 Å². The molecule has 0 saturated carbocycles. The predicted octanol–water partition coefficient (Wildman–Crippen LogP) is 4.23. The molecule has 0 radical (unpaired) electrons. The van der Waals surface area contributed by atoms with Crippen LogP contribution in [0.2, 0.25) is 5.02 Å². The van der Waals surface area contributed by atoms with Crippen LogP contribution in [0.3, 0.4) is 0 Å². The van der Waals surface area contributed by atoms with Crippen LogP contribution in [-0.4, -0.2) is 7.11 Å². The van der Waals surface area contributed by atoms with Crippen LogP contribution in [0.25, 0.3) is 0 Å². The van der Waals surface area contributed by atoms with Crippen molar-refractivity contribution in [2.45, 2.75) is 0 Å². The van der Waals surface area contributed by atoms with Gasteiger partial charge in [0.15, 0.2) is 0 Å². The second-order valence-corrected chi connectivity index (χ2v) is 3.89. The van der Waals surface area contributed by atoms with E-state index < -0.39 is 5.82 Å². The molecule has 2 aromatic rings. The Kier molecular flexibility index (Phi) is 3.49. The molecule has 88 valence electrons. The topological polar surface area (TPSA) is 21.3 Å². The Hall–Kier alpha value is -1.74. The summed E-state index contributed by atoms with van der Waals surface area (Å²) in [4.78, 5) is 0. The average molecular weight is 252 g/mol. The van der Waals surface area contributed by atoms with E-state index in [0.29, 0.717) is 0 Å². The molecule has 0 aliphatic carbocycles. The highest BCUT2D eigenvalue weighted by Gasteiger charge is 2.01. The van der Waals surface area contributed by atoms with E-state index in [1.165, 1.54) is 12.1 Å². The number of halogens is 2. The van der Waals surface area contributed by atoms with E-state index in [0.717, 1.165) is 17.1 Å². The lowest BCUT2D eigenvalue weighted by Gasteiger charge is -2.08. The Morgan fingerprint density at radius 1 is 1.12 bits per heavy atom. The normalized spacial score (nSPS) is 10.1. The summed E-state index contributed by atoms with van der Waals surface area (Å²) >= 11 is 5.70. The van der Waals surface area contributed by atoms with Gasteiger partial charge in [0.1, 0.15) is 11.6 Å². The maximum absolute atomic E-state index is 13.0. The van der Waals surface area contributed by atoms with Crippen molar-refractivity contribution in [1.82, 2.24) is 0 Å². The van der Waals surface area contributed by atoms with Crippen molar-refractivity contribution in [2.75, 3.05) is 12.4 Å². The fourth-order valence-corrected chi connectivity index (χ4v) is 1.62. The smallest absolute Gasteiger partial charge is 0.141 e. The fourth-order valence-electron chi connectivity index (χ4n) is 1.44. The summed E-state index contributed by atoms with van der Waals surface area (Å²) in [6, 6.07) is 11.9. The zero-order valence-corrected chi connectivity index (χ0v) is 9.96. The predicted molar refractivity (Wildman–Crippen MR) is 67.7 cm³/mol. The van der Waals surface area contributed by atoms with Crippen molar-refractivity contribution in [3.8, 4) is 5.75 Å². The summed E-state index contributed by atoms with van der Waals surface area (Å²) in [5.74, 6) is 0.325. The van der Waals surface area contributed by atoms with Gasteiger partial charge in [-0.15, -0.1) is 0 Å². The first-order chi connectivity index (χ1) is 8.19. The zero-order chi connectivity index (χ0) is 12.3. The van der Waals surface area contributed by atoms with E-state index in [-0.39, 0.29) is 5.02 Å². The number of ether oxygens (including phenoxy) is 1. The minimum absolute atomic E-state index is 0.0953. The molecule has 0 atom stereocenters. The van der Waals surface area contributed by atoms with Crippen molar-refractivity contribution in [3.63, 3.8) is 0 Å². The lowest BCUT2D eigenvalue weighted by molar-refractivity contribution is 0.415. The van der Waals surface area contributed by atoms with E-state index in [2.05, 4.69) is 5.32 Å². The standard InChI is InChI=1S/C13H11ClFNO/c1-17-11-4-2-3-9(7-11)16-10-5-6-13(15)12(14)8-10/h2-8,16H,1H3. The van der Waals surface area contributed by atoms with Gasteiger partial charge in [-0.25, -0.2) is 4.39 Å². The minimum atomic E-state index is -0.428. The fraction of sp³-hybridized carbons (Fsp3) is 0.0769. The van der Waals surface area contributed by atoms with E-state index in [4.69, 9.17) is 16.3 Å². The minimum Gasteiger partial charge on any atom is -0.497 e. The molecule has 0 aromatic heterocycles. The lowest BCUT2D eigenvalue weighted by atomic mass is 10.2. The molecule has 0 amide bonds. The van der Waals surface area contributed by atoms with Gasteiger partial charge in [-0.3, -0.25) is 0 Å². The summed E-state index contributed by atoms with van der Waals surface area (Å²) in [5.41, 5.74) is 1.58. The molecule has 2 rings (SSSR count). The maximum atomic E-state index is 13.0. The van der Waals surface area contributed by atoms with Gasteiger partial charge in [-0.1, -0.05) is 17.7 Å². The summed E-state index contributed by atoms with van der Waals surface area (Å²) in [6.45, 7) is 0. The van der Waals surface area contributed by atoms with Crippen LogP contribution in [-0.2, 0) is 0 Å². The van der Waals surface area contributed by atoms with E-state index in [9.17, 15) is 4.39 Å². The number of methoxy groups -OCH3 is 1. The highest BCUT2D eigenvalue weighted by molar-refractivity contribution is 6.31. The van der Waals surface area contributed by atoms with Crippen LogP contribution in [0, 0.1) is 5.82 Å². The van der Waals surface area contributed by atoms with Crippen LogP contribution in [0.5, 0.6) is 5.75 Å². The summed E-state index contributed by atoms with van der Waals surface area (Å²) in [5, 5.41) is 3.21. The van der Waals surface area contributed by atoms with Gasteiger partial charge in [0, 0.05) is 17.4 Å². The zero-order valence-electron chi connectivity index (χ0n) is 9.21. The van der Waals surface area contributed by atoms with E-state index >= 15 is 0 Å². The number of hydrogen-bond acceptors (Lipinski definition) is 2. The van der Waals surface area contributed by atoms with Crippen molar-refractivity contribution in [3.05, 3.63) is 53.3 Å². The van der Waals surface area contributed by atoms with Gasteiger partial charge in [0.25, 0.3) is 0 Å². The number of anilines is 2. The van der Waals surface area contributed by atoms with Gasteiger partial charge >= 0.3 is 0 Å². The van der Waals surface area contributed by atoms with Gasteiger partial charge < -0.3 is 10.1 Å². The van der Waals surface area contributed by atoms with Gasteiger partial charge in [-0.2, -0.15) is 0 Å². The van der Waals surface area contributed by atoms with Crippen molar-refractivity contribution >= 4 is 23.0 Å². The third-order valence-electron chi connectivity index (χ3n) is 2.28. The molecule has 0 unspecified atom stereocenters. The van der Waals surface area contributed by atoms with Crippen LogP contribution < -0.4 is 10.1 Å². The van der Waals surface area contributed by atoms with E-state index in [1.807, 2.05) is 24.3 Å². The molecule has 0 heterocycles. The third kappa shape index (κ3) is 2.88. The Morgan fingerprint density at radius 3 is 2.59 bits per heavy atom. The largest absolute Gasteiger partial charge is 0.497 e. The monoisotopic (exact) mass is 251 g/mol. The SMILES string of the molecule is COc1cccc(Nc2ccc(F)c(Cl)c2)c1. The summed E-state index contributed by atoms with van der Waals surface area (Å²) < 4.78 is 18.1. The van der Waals surface area contributed by atoms with Crippen LogP contribution in [0.4, 0.5) is 15.8 Å². The molecule has 0 bridgehead atoms. The van der Waals surface area contributed by atoms with Crippen molar-refractivity contribution < 1.29 is 9.13 Å². The Bertz CT molecular complexity index is 531. The maximum Gasteiger partial charge on any atom is 0.141 e. The number of rotatable bonds is 3. The number of benzene rings is 2. The first-order valence-corrected chi connectivity index (χ1v) is 5.43. The summed E-state index contributed by atoms with van der Waals surface area (Å²) in [6.07, 6.45) is 0. The molecule has 1 N–H and O–H groups in total. The molecule has 17 heavy (non-hydrogen) atoms. The molecule has 2 nitrogen and oxygen atoms in total. The highest BCUT2D eigenvalue weighted by atomic mass is 35.5. The molecule has 0 fully saturated rings. The first kappa shape index (κ1) is 11.7. The Morgan fingerprint density at radius 2 is 1.88 bits per heavy atom. The van der Waals surface area contributed by atoms with E-state index in [1.54, 1.807) is 13.2 Å². The molecule has 0 saturated heterocycles. The quantitative estimate of drug-likeness (QED) is 0.881. The molecule has 0 aliphatic heterocycles. The lowest BCUT2D eigenvalue weighted by Crippen LogP contribution is -1.91. The van der Waals surface area contributed by atoms with Gasteiger partial charge in [0.2, 0.25) is 0 Å². The molecule has 0 aliphatic rings. The van der Waals surface area contributed by atoms with Gasteiger partial charge in [0.05, 0.1) is 12.1 Å². The van der Waals surface area contributed by atoms with Crippen LogP contribution in [0.15, 0.2) is 42.5 Å². The third-order valence-corrected chi connectivity index (χ3v) is 2.57. The van der Waals surface area contributed by atoms with Crippen LogP contribution in [0.1, 0.15) is 0 Å². The Labute approximate surface area is 104 Å². The van der Waals surface area contributed by atoms with Crippen molar-refractivity contribution in [1.29, 1.82) is 0 Å². The summed E-state index contributed by atoms with van der Waals surface area (Å²) in [7, 11) is 1.61. The highest BCUT2D eigenvalue weighted by Crippen LogP contribution is 2.24. The number of nitrogens with one attached hydrogen (secondary N) is 1. The second-order valence-electron chi connectivity index (χ2n) is 3.49. The molecular formula is C13H11ClFNO. The second kappa shape index (κ2) is 5.06. The van der Waals surface area contributed by atoms with Crippen LogP contribution >= 0.6 is 11.6 Å². The molecule has 4 heteroatoms. The molecular weight excluding hydrogens is 241 g/mol. The Balaban J connectivity index is 2.22. The molecule has 0 spiro atoms. The first-order valence-electron chi connectivity index (χ1n) is 5.05.